The van der Waals surface area contributed by atoms with Crippen molar-refractivity contribution in [2.75, 3.05) is 0 Å². The van der Waals surface area contributed by atoms with Crippen molar-refractivity contribution >= 4 is 32.8 Å². The van der Waals surface area contributed by atoms with Gasteiger partial charge in [-0.3, -0.25) is 4.79 Å². The molecule has 108 valence electrons. The number of hydrogen-bond donors (Lipinski definition) is 1. The van der Waals surface area contributed by atoms with E-state index >= 15 is 0 Å². The molecule has 0 fully saturated rings. The Morgan fingerprint density at radius 1 is 1.43 bits per heavy atom. The number of benzene rings is 1. The number of fused-ring (bicyclic) bond motifs is 1. The Morgan fingerprint density at radius 2 is 2.19 bits per heavy atom. The predicted octanol–water partition coefficient (Wildman–Crippen LogP) is 3.16. The summed E-state index contributed by atoms with van der Waals surface area (Å²) < 4.78 is 7.87. The fourth-order valence-corrected chi connectivity index (χ4v) is 2.87. The lowest BCUT2D eigenvalue weighted by atomic mass is 10.2. The zero-order valence-corrected chi connectivity index (χ0v) is 13.3. The van der Waals surface area contributed by atoms with Gasteiger partial charge < -0.3 is 10.2 Å². The molecule has 3 aromatic rings. The minimum absolute atomic E-state index is 0.256. The van der Waals surface area contributed by atoms with E-state index in [1.165, 1.54) is 4.68 Å². The molecule has 3 rings (SSSR count). The molecule has 0 aliphatic heterocycles. The number of furan rings is 1. The molecule has 2 N–H and O–H groups in total. The average molecular weight is 348 g/mol. The third kappa shape index (κ3) is 2.20. The van der Waals surface area contributed by atoms with Crippen molar-refractivity contribution in [3.05, 3.63) is 51.4 Å². The van der Waals surface area contributed by atoms with Crippen LogP contribution in [0.15, 0.2) is 33.2 Å². The van der Waals surface area contributed by atoms with Crippen LogP contribution in [0.25, 0.3) is 11.0 Å². The van der Waals surface area contributed by atoms with Gasteiger partial charge in [0.2, 0.25) is 0 Å². The highest BCUT2D eigenvalue weighted by Crippen LogP contribution is 2.27. The molecule has 5 nitrogen and oxygen atoms in total. The molecule has 21 heavy (non-hydrogen) atoms. The first kappa shape index (κ1) is 14.0. The van der Waals surface area contributed by atoms with Crippen LogP contribution in [0, 0.1) is 13.8 Å². The molecule has 6 heteroatoms. The van der Waals surface area contributed by atoms with Crippen LogP contribution in [-0.4, -0.2) is 15.7 Å². The third-order valence-corrected chi connectivity index (χ3v) is 4.25. The number of hydrogen-bond acceptors (Lipinski definition) is 4. The Labute approximate surface area is 129 Å². The molecule has 0 saturated carbocycles. The van der Waals surface area contributed by atoms with E-state index in [1.807, 2.05) is 32.0 Å². The summed E-state index contributed by atoms with van der Waals surface area (Å²) in [6.45, 7) is 4.03. The number of carbonyl (C=O) groups excluding carboxylic acids is 1. The molecule has 2 heterocycles. The van der Waals surface area contributed by atoms with E-state index in [0.29, 0.717) is 12.1 Å². The van der Waals surface area contributed by atoms with Gasteiger partial charge in [-0.2, -0.15) is 9.78 Å². The second-order valence-electron chi connectivity index (χ2n) is 4.83. The Hall–Kier alpha value is -1.92. The summed E-state index contributed by atoms with van der Waals surface area (Å²) in [6.07, 6.45) is 0. The molecule has 0 radical (unpaired) electrons. The van der Waals surface area contributed by atoms with Gasteiger partial charge in [-0.05, 0) is 32.0 Å². The highest BCUT2D eigenvalue weighted by Gasteiger charge is 2.20. The maximum Gasteiger partial charge on any atom is 0.314 e. The van der Waals surface area contributed by atoms with E-state index in [-0.39, 0.29) is 11.7 Å². The monoisotopic (exact) mass is 347 g/mol. The lowest BCUT2D eigenvalue weighted by molar-refractivity contribution is 0.0916. The summed E-state index contributed by atoms with van der Waals surface area (Å²) in [7, 11) is 0. The number of carbonyl (C=O) groups is 1. The summed E-state index contributed by atoms with van der Waals surface area (Å²) in [4.78, 5) is 12.6. The smallest absolute Gasteiger partial charge is 0.314 e. The molecule has 2 aromatic heterocycles. The quantitative estimate of drug-likeness (QED) is 0.772. The van der Waals surface area contributed by atoms with Gasteiger partial charge in [0.05, 0.1) is 5.69 Å². The Bertz CT molecular complexity index is 848. The number of nitrogens with zero attached hydrogens (tertiary/aromatic N) is 2. The SMILES string of the molecule is Cc1nn(C(=O)c2cc3c(Br)cccc3o2)c(C)c1CN. The molecule has 0 atom stereocenters. The van der Waals surface area contributed by atoms with Crippen molar-refractivity contribution in [3.63, 3.8) is 0 Å². The minimum Gasteiger partial charge on any atom is -0.451 e. The summed E-state index contributed by atoms with van der Waals surface area (Å²) >= 11 is 3.45. The van der Waals surface area contributed by atoms with Crippen LogP contribution in [0.1, 0.15) is 27.5 Å². The lowest BCUT2D eigenvalue weighted by Crippen LogP contribution is -2.15. The number of aromatic nitrogens is 2. The van der Waals surface area contributed by atoms with Crippen molar-refractivity contribution in [2.24, 2.45) is 5.73 Å². The van der Waals surface area contributed by atoms with Crippen molar-refractivity contribution in [3.8, 4) is 0 Å². The normalized spacial score (nSPS) is 11.2. The molecule has 0 aliphatic carbocycles. The fourth-order valence-electron chi connectivity index (χ4n) is 2.40. The first-order valence-electron chi connectivity index (χ1n) is 6.51. The largest absolute Gasteiger partial charge is 0.451 e. The van der Waals surface area contributed by atoms with Crippen LogP contribution >= 0.6 is 15.9 Å². The van der Waals surface area contributed by atoms with Crippen LogP contribution in [-0.2, 0) is 6.54 Å². The zero-order valence-electron chi connectivity index (χ0n) is 11.7. The van der Waals surface area contributed by atoms with Crippen molar-refractivity contribution in [1.29, 1.82) is 0 Å². The van der Waals surface area contributed by atoms with E-state index in [2.05, 4.69) is 21.0 Å². The summed E-state index contributed by atoms with van der Waals surface area (Å²) in [6, 6.07) is 7.31. The van der Waals surface area contributed by atoms with Crippen molar-refractivity contribution < 1.29 is 9.21 Å². The molecule has 0 bridgehead atoms. The zero-order chi connectivity index (χ0) is 15.1. The maximum absolute atomic E-state index is 12.6. The first-order chi connectivity index (χ1) is 10.0. The molecule has 0 amide bonds. The summed E-state index contributed by atoms with van der Waals surface area (Å²) in [5.74, 6) is -0.0375. The molecule has 0 saturated heterocycles. The fraction of sp³-hybridized carbons (Fsp3) is 0.200. The maximum atomic E-state index is 12.6. The molecule has 0 unspecified atom stereocenters. The summed E-state index contributed by atoms with van der Waals surface area (Å²) in [5.41, 5.74) is 8.75. The highest BCUT2D eigenvalue weighted by atomic mass is 79.9. The van der Waals surface area contributed by atoms with Gasteiger partial charge in [0.25, 0.3) is 0 Å². The van der Waals surface area contributed by atoms with E-state index in [0.717, 1.165) is 26.8 Å². The van der Waals surface area contributed by atoms with E-state index in [4.69, 9.17) is 10.2 Å². The van der Waals surface area contributed by atoms with Gasteiger partial charge in [0.15, 0.2) is 5.76 Å². The average Bonchev–Trinajstić information content (AvgIpc) is 3.01. The molecule has 0 spiro atoms. The molecular weight excluding hydrogens is 334 g/mol. The third-order valence-electron chi connectivity index (χ3n) is 3.56. The molecule has 1 aromatic carbocycles. The minimum atomic E-state index is -0.293. The highest BCUT2D eigenvalue weighted by molar-refractivity contribution is 9.10. The van der Waals surface area contributed by atoms with Crippen LogP contribution in [0.4, 0.5) is 0 Å². The van der Waals surface area contributed by atoms with Crippen LogP contribution in [0.2, 0.25) is 0 Å². The standard InChI is InChI=1S/C15H14BrN3O2/c1-8-11(7-17)9(2)19(18-8)15(20)14-6-10-12(16)4-3-5-13(10)21-14/h3-6H,7,17H2,1-2H3. The van der Waals surface area contributed by atoms with Gasteiger partial charge in [0.1, 0.15) is 5.58 Å². The Kier molecular flexibility index (Phi) is 3.43. The Morgan fingerprint density at radius 3 is 2.81 bits per heavy atom. The lowest BCUT2D eigenvalue weighted by Gasteiger charge is -2.00. The van der Waals surface area contributed by atoms with Crippen LogP contribution < -0.4 is 5.73 Å². The number of rotatable bonds is 2. The van der Waals surface area contributed by atoms with Crippen molar-refractivity contribution in [2.45, 2.75) is 20.4 Å². The number of nitrogens with two attached hydrogens (primary N) is 1. The first-order valence-corrected chi connectivity index (χ1v) is 7.30. The van der Waals surface area contributed by atoms with Crippen LogP contribution in [0.3, 0.4) is 0 Å². The molecular formula is C15H14BrN3O2. The van der Waals surface area contributed by atoms with Crippen LogP contribution in [0.5, 0.6) is 0 Å². The van der Waals surface area contributed by atoms with E-state index < -0.39 is 0 Å². The number of halogens is 1. The predicted molar refractivity (Wildman–Crippen MR) is 83.2 cm³/mol. The van der Waals surface area contributed by atoms with E-state index in [1.54, 1.807) is 6.07 Å². The number of aryl methyl sites for hydroxylation is 1. The second-order valence-corrected chi connectivity index (χ2v) is 5.69. The van der Waals surface area contributed by atoms with Gasteiger partial charge in [-0.15, -0.1) is 0 Å². The van der Waals surface area contributed by atoms with Gasteiger partial charge in [-0.25, -0.2) is 0 Å². The van der Waals surface area contributed by atoms with Gasteiger partial charge >= 0.3 is 5.91 Å². The topological polar surface area (TPSA) is 74.0 Å². The van der Waals surface area contributed by atoms with E-state index in [9.17, 15) is 4.79 Å². The summed E-state index contributed by atoms with van der Waals surface area (Å²) in [5, 5.41) is 5.13. The second kappa shape index (κ2) is 5.13. The van der Waals surface area contributed by atoms with Gasteiger partial charge in [0, 0.05) is 27.7 Å². The Balaban J connectivity index is 2.10. The van der Waals surface area contributed by atoms with Gasteiger partial charge in [-0.1, -0.05) is 22.0 Å². The van der Waals surface area contributed by atoms with Crippen molar-refractivity contribution in [1.82, 2.24) is 9.78 Å². The molecule has 0 aliphatic rings.